The molecule has 1 aliphatic heterocycles. The molecule has 2 aromatic rings. The molecule has 4 nitrogen and oxygen atoms in total. The zero-order chi connectivity index (χ0) is 15.9. The fourth-order valence-corrected chi connectivity index (χ4v) is 3.06. The number of para-hydroxylation sites is 1. The van der Waals surface area contributed by atoms with E-state index in [9.17, 15) is 4.79 Å². The molecule has 0 amide bonds. The fourth-order valence-electron chi connectivity index (χ4n) is 3.06. The van der Waals surface area contributed by atoms with Crippen LogP contribution in [0.25, 0.3) is 5.57 Å². The lowest BCUT2D eigenvalue weighted by molar-refractivity contribution is 0.0660. The molecule has 0 saturated carbocycles. The molecule has 22 heavy (non-hydrogen) atoms. The number of aromatic carboxylic acids is 1. The van der Waals surface area contributed by atoms with Crippen molar-refractivity contribution in [2.24, 2.45) is 0 Å². The Morgan fingerprint density at radius 3 is 2.64 bits per heavy atom. The summed E-state index contributed by atoms with van der Waals surface area (Å²) in [6, 6.07) is 11.5. The summed E-state index contributed by atoms with van der Waals surface area (Å²) in [5.41, 5.74) is 3.42. The maximum atomic E-state index is 11.0. The highest BCUT2D eigenvalue weighted by molar-refractivity contribution is 5.84. The average molecular weight is 297 g/mol. The molecule has 0 spiro atoms. The first-order chi connectivity index (χ1) is 10.4. The quantitative estimate of drug-likeness (QED) is 0.923. The third-order valence-corrected chi connectivity index (χ3v) is 4.07. The van der Waals surface area contributed by atoms with Gasteiger partial charge in [0, 0.05) is 11.3 Å². The minimum atomic E-state index is -1.04. The van der Waals surface area contributed by atoms with Gasteiger partial charge in [0.25, 0.3) is 0 Å². The minimum Gasteiger partial charge on any atom is -0.475 e. The maximum Gasteiger partial charge on any atom is 0.371 e. The van der Waals surface area contributed by atoms with Crippen molar-refractivity contribution in [3.05, 3.63) is 59.6 Å². The summed E-state index contributed by atoms with van der Waals surface area (Å²) in [5, 5.41) is 8.98. The van der Waals surface area contributed by atoms with Crippen LogP contribution in [0.5, 0.6) is 0 Å². The summed E-state index contributed by atoms with van der Waals surface area (Å²) in [6.45, 7) is 6.94. The lowest BCUT2D eigenvalue weighted by Gasteiger charge is -2.42. The van der Waals surface area contributed by atoms with Crippen molar-refractivity contribution in [2.45, 2.75) is 32.9 Å². The van der Waals surface area contributed by atoms with Crippen molar-refractivity contribution in [2.75, 3.05) is 4.90 Å². The summed E-state index contributed by atoms with van der Waals surface area (Å²) in [6.07, 6.45) is 2.23. The number of rotatable bonds is 3. The lowest BCUT2D eigenvalue weighted by Crippen LogP contribution is -2.44. The third-order valence-electron chi connectivity index (χ3n) is 4.07. The lowest BCUT2D eigenvalue weighted by atomic mass is 9.89. The number of carboxylic acid groups (broad SMARTS) is 1. The molecule has 0 fully saturated rings. The topological polar surface area (TPSA) is 53.7 Å². The molecule has 0 radical (unpaired) electrons. The molecular formula is C18H19NO3. The Morgan fingerprint density at radius 1 is 1.23 bits per heavy atom. The minimum absolute atomic E-state index is 0.0233. The van der Waals surface area contributed by atoms with Crippen LogP contribution in [0.3, 0.4) is 0 Å². The molecule has 4 heteroatoms. The van der Waals surface area contributed by atoms with E-state index in [1.807, 2.05) is 12.1 Å². The van der Waals surface area contributed by atoms with Crippen molar-refractivity contribution in [3.8, 4) is 0 Å². The molecule has 1 aliphatic rings. The standard InChI is InChI=1S/C18H19NO3/c1-12-10-18(2,3)19(15-7-5-4-6-14(12)15)11-13-8-9-16(22-13)17(20)21/h4-10H,11H2,1-3H3,(H,20,21). The number of carboxylic acids is 1. The van der Waals surface area contributed by atoms with Crippen LogP contribution in [0.4, 0.5) is 5.69 Å². The highest BCUT2D eigenvalue weighted by Crippen LogP contribution is 2.39. The number of allylic oxidation sites excluding steroid dienone is 1. The molecule has 1 aromatic carbocycles. The fraction of sp³-hybridized carbons (Fsp3) is 0.278. The molecule has 1 N–H and O–H groups in total. The van der Waals surface area contributed by atoms with Gasteiger partial charge in [0.15, 0.2) is 0 Å². The molecule has 0 unspecified atom stereocenters. The second-order valence-corrected chi connectivity index (χ2v) is 6.16. The van der Waals surface area contributed by atoms with Gasteiger partial charge in [-0.05, 0) is 44.5 Å². The second-order valence-electron chi connectivity index (χ2n) is 6.16. The highest BCUT2D eigenvalue weighted by Gasteiger charge is 2.31. The number of benzene rings is 1. The molecule has 0 aliphatic carbocycles. The Hall–Kier alpha value is -2.49. The molecule has 0 atom stereocenters. The van der Waals surface area contributed by atoms with Gasteiger partial charge in [-0.1, -0.05) is 24.3 Å². The van der Waals surface area contributed by atoms with E-state index in [0.717, 1.165) is 5.69 Å². The van der Waals surface area contributed by atoms with Crippen molar-refractivity contribution < 1.29 is 14.3 Å². The van der Waals surface area contributed by atoms with E-state index in [1.165, 1.54) is 17.2 Å². The van der Waals surface area contributed by atoms with Crippen LogP contribution in [-0.2, 0) is 6.54 Å². The summed E-state index contributed by atoms with van der Waals surface area (Å²) >= 11 is 0. The Kier molecular flexibility index (Phi) is 3.32. The first-order valence-electron chi connectivity index (χ1n) is 7.27. The smallest absolute Gasteiger partial charge is 0.371 e. The van der Waals surface area contributed by atoms with E-state index in [4.69, 9.17) is 9.52 Å². The summed E-state index contributed by atoms with van der Waals surface area (Å²) < 4.78 is 5.42. The number of hydrogen-bond donors (Lipinski definition) is 1. The van der Waals surface area contributed by atoms with E-state index in [1.54, 1.807) is 6.07 Å². The van der Waals surface area contributed by atoms with Crippen molar-refractivity contribution >= 4 is 17.2 Å². The van der Waals surface area contributed by atoms with E-state index < -0.39 is 5.97 Å². The Balaban J connectivity index is 1.99. The van der Waals surface area contributed by atoms with Gasteiger partial charge in [0.05, 0.1) is 12.1 Å². The van der Waals surface area contributed by atoms with Gasteiger partial charge < -0.3 is 14.4 Å². The monoisotopic (exact) mass is 297 g/mol. The van der Waals surface area contributed by atoms with Gasteiger partial charge in [-0.3, -0.25) is 0 Å². The largest absolute Gasteiger partial charge is 0.475 e. The van der Waals surface area contributed by atoms with E-state index in [0.29, 0.717) is 12.3 Å². The number of nitrogens with zero attached hydrogens (tertiary/aromatic N) is 1. The predicted molar refractivity (Wildman–Crippen MR) is 86.0 cm³/mol. The number of hydrogen-bond acceptors (Lipinski definition) is 3. The SMILES string of the molecule is CC1=CC(C)(C)N(Cc2ccc(C(=O)O)o2)c2ccccc21. The van der Waals surface area contributed by atoms with Gasteiger partial charge >= 0.3 is 5.97 Å². The first-order valence-corrected chi connectivity index (χ1v) is 7.27. The average Bonchev–Trinajstić information content (AvgIpc) is 2.92. The Morgan fingerprint density at radius 2 is 1.95 bits per heavy atom. The zero-order valence-electron chi connectivity index (χ0n) is 13.0. The van der Waals surface area contributed by atoms with Gasteiger partial charge in [0.1, 0.15) is 5.76 Å². The summed E-state index contributed by atoms with van der Waals surface area (Å²) in [4.78, 5) is 13.2. The van der Waals surface area contributed by atoms with Crippen LogP contribution in [0.15, 0.2) is 46.9 Å². The summed E-state index contributed by atoms with van der Waals surface area (Å²) in [5.74, 6) is -0.418. The Bertz CT molecular complexity index is 755. The van der Waals surface area contributed by atoms with Gasteiger partial charge in [-0.2, -0.15) is 0 Å². The van der Waals surface area contributed by atoms with Crippen molar-refractivity contribution in [1.29, 1.82) is 0 Å². The number of fused-ring (bicyclic) bond motifs is 1. The predicted octanol–water partition coefficient (Wildman–Crippen LogP) is 4.18. The number of anilines is 1. The van der Waals surface area contributed by atoms with Crippen LogP contribution in [-0.4, -0.2) is 16.6 Å². The van der Waals surface area contributed by atoms with Gasteiger partial charge in [0.2, 0.25) is 5.76 Å². The maximum absolute atomic E-state index is 11.0. The van der Waals surface area contributed by atoms with Gasteiger partial charge in [-0.15, -0.1) is 0 Å². The second kappa shape index (κ2) is 5.05. The third kappa shape index (κ3) is 2.41. The normalized spacial score (nSPS) is 16.1. The van der Waals surface area contributed by atoms with E-state index in [-0.39, 0.29) is 11.3 Å². The van der Waals surface area contributed by atoms with E-state index in [2.05, 4.69) is 43.9 Å². The zero-order valence-corrected chi connectivity index (χ0v) is 13.0. The van der Waals surface area contributed by atoms with Crippen LogP contribution in [0.1, 0.15) is 42.6 Å². The van der Waals surface area contributed by atoms with Crippen molar-refractivity contribution in [1.82, 2.24) is 0 Å². The molecule has 0 saturated heterocycles. The van der Waals surface area contributed by atoms with Crippen molar-refractivity contribution in [3.63, 3.8) is 0 Å². The highest BCUT2D eigenvalue weighted by atomic mass is 16.4. The molecule has 114 valence electrons. The Labute approximate surface area is 129 Å². The first kappa shape index (κ1) is 14.4. The van der Waals surface area contributed by atoms with Crippen LogP contribution in [0.2, 0.25) is 0 Å². The molecule has 1 aromatic heterocycles. The molecule has 3 rings (SSSR count). The van der Waals surface area contributed by atoms with Gasteiger partial charge in [-0.25, -0.2) is 4.79 Å². The van der Waals surface area contributed by atoms with Crippen LogP contribution >= 0.6 is 0 Å². The summed E-state index contributed by atoms with van der Waals surface area (Å²) in [7, 11) is 0. The number of carbonyl (C=O) groups is 1. The van der Waals surface area contributed by atoms with Crippen LogP contribution in [0, 0.1) is 0 Å². The molecule has 0 bridgehead atoms. The molecular weight excluding hydrogens is 278 g/mol. The van der Waals surface area contributed by atoms with Crippen LogP contribution < -0.4 is 4.90 Å². The molecule has 2 heterocycles. The number of furan rings is 1. The van der Waals surface area contributed by atoms with E-state index >= 15 is 0 Å².